The van der Waals surface area contributed by atoms with Gasteiger partial charge in [-0.1, -0.05) is 17.7 Å². The number of benzene rings is 2. The third kappa shape index (κ3) is 4.15. The summed E-state index contributed by atoms with van der Waals surface area (Å²) in [6.45, 7) is -0.351. The lowest BCUT2D eigenvalue weighted by Gasteiger charge is -2.10. The van der Waals surface area contributed by atoms with E-state index >= 15 is 0 Å². The van der Waals surface area contributed by atoms with Gasteiger partial charge in [0.1, 0.15) is 11.6 Å². The Morgan fingerprint density at radius 2 is 2.05 bits per heavy atom. The lowest BCUT2D eigenvalue weighted by molar-refractivity contribution is -0.118. The maximum atomic E-state index is 13.6. The monoisotopic (exact) mass is 375 g/mol. The minimum atomic E-state index is -0.713. The molecule has 21 heavy (non-hydrogen) atoms. The maximum absolute atomic E-state index is 13.6. The standard InChI is InChI=1S/C14H9BrClF2NO2/c15-9-6-8(17)4-5-12(9)21-7-13(20)19-11-3-1-2-10(16)14(11)18/h1-6H,7H2,(H,19,20). The summed E-state index contributed by atoms with van der Waals surface area (Å²) in [4.78, 5) is 11.7. The molecule has 0 aliphatic rings. The van der Waals surface area contributed by atoms with Crippen molar-refractivity contribution in [3.05, 3.63) is 57.5 Å². The molecule has 0 aromatic heterocycles. The summed E-state index contributed by atoms with van der Waals surface area (Å²) in [5.74, 6) is -1.40. The van der Waals surface area contributed by atoms with Gasteiger partial charge >= 0.3 is 0 Å². The number of hydrogen-bond acceptors (Lipinski definition) is 2. The van der Waals surface area contributed by atoms with Gasteiger partial charge in [-0.15, -0.1) is 0 Å². The van der Waals surface area contributed by atoms with Crippen LogP contribution in [0.4, 0.5) is 14.5 Å². The highest BCUT2D eigenvalue weighted by Gasteiger charge is 2.11. The lowest BCUT2D eigenvalue weighted by Crippen LogP contribution is -2.21. The summed E-state index contributed by atoms with van der Waals surface area (Å²) in [6, 6.07) is 8.06. The number of rotatable bonds is 4. The number of carbonyl (C=O) groups is 1. The molecule has 110 valence electrons. The average molecular weight is 377 g/mol. The fourth-order valence-corrected chi connectivity index (χ4v) is 2.16. The van der Waals surface area contributed by atoms with Crippen molar-refractivity contribution < 1.29 is 18.3 Å². The van der Waals surface area contributed by atoms with E-state index in [9.17, 15) is 13.6 Å². The third-order valence-electron chi connectivity index (χ3n) is 2.48. The molecule has 0 atom stereocenters. The van der Waals surface area contributed by atoms with E-state index < -0.39 is 17.5 Å². The largest absolute Gasteiger partial charge is 0.483 e. The first kappa shape index (κ1) is 15.7. The topological polar surface area (TPSA) is 38.3 Å². The van der Waals surface area contributed by atoms with Crippen LogP contribution in [0.15, 0.2) is 40.9 Å². The molecule has 0 aliphatic heterocycles. The van der Waals surface area contributed by atoms with Crippen molar-refractivity contribution in [1.82, 2.24) is 0 Å². The molecule has 3 nitrogen and oxygen atoms in total. The van der Waals surface area contributed by atoms with Crippen molar-refractivity contribution in [3.8, 4) is 5.75 Å². The Hall–Kier alpha value is -1.66. The predicted molar refractivity (Wildman–Crippen MR) is 79.6 cm³/mol. The van der Waals surface area contributed by atoms with Gasteiger partial charge in [-0.25, -0.2) is 8.78 Å². The molecule has 0 aliphatic carbocycles. The predicted octanol–water partition coefficient (Wildman–Crippen LogP) is 4.40. The molecule has 2 rings (SSSR count). The van der Waals surface area contributed by atoms with Gasteiger partial charge < -0.3 is 10.1 Å². The molecule has 2 aromatic rings. The molecule has 0 saturated carbocycles. The lowest BCUT2D eigenvalue weighted by atomic mass is 10.3. The molecule has 0 unspecified atom stereocenters. The molecule has 0 fully saturated rings. The zero-order valence-electron chi connectivity index (χ0n) is 10.5. The van der Waals surface area contributed by atoms with Gasteiger partial charge in [-0.2, -0.15) is 0 Å². The zero-order valence-corrected chi connectivity index (χ0v) is 12.8. The van der Waals surface area contributed by atoms with E-state index in [4.69, 9.17) is 16.3 Å². The number of hydrogen-bond donors (Lipinski definition) is 1. The zero-order chi connectivity index (χ0) is 15.4. The maximum Gasteiger partial charge on any atom is 0.262 e. The highest BCUT2D eigenvalue weighted by Crippen LogP contribution is 2.25. The van der Waals surface area contributed by atoms with E-state index in [2.05, 4.69) is 21.2 Å². The molecule has 0 bridgehead atoms. The molecule has 2 aromatic carbocycles. The number of halogens is 4. The Morgan fingerprint density at radius 1 is 1.29 bits per heavy atom. The minimum Gasteiger partial charge on any atom is -0.483 e. The molecule has 0 radical (unpaired) electrons. The smallest absolute Gasteiger partial charge is 0.262 e. The van der Waals surface area contributed by atoms with Gasteiger partial charge in [0.05, 0.1) is 15.2 Å². The van der Waals surface area contributed by atoms with Crippen molar-refractivity contribution in [2.45, 2.75) is 0 Å². The van der Waals surface area contributed by atoms with Crippen molar-refractivity contribution in [1.29, 1.82) is 0 Å². The van der Waals surface area contributed by atoms with Gasteiger partial charge in [0, 0.05) is 0 Å². The number of amides is 1. The van der Waals surface area contributed by atoms with Crippen molar-refractivity contribution >= 4 is 39.1 Å². The Morgan fingerprint density at radius 3 is 2.76 bits per heavy atom. The molecular weight excluding hydrogens is 368 g/mol. The summed E-state index contributed by atoms with van der Waals surface area (Å²) in [5, 5.41) is 2.25. The Kier molecular flexibility index (Phi) is 5.14. The first-order valence-electron chi connectivity index (χ1n) is 5.79. The van der Waals surface area contributed by atoms with Crippen LogP contribution in [-0.2, 0) is 4.79 Å². The van der Waals surface area contributed by atoms with Gasteiger partial charge in [0.15, 0.2) is 12.4 Å². The van der Waals surface area contributed by atoms with Crippen LogP contribution in [-0.4, -0.2) is 12.5 Å². The molecule has 0 saturated heterocycles. The second-order valence-corrected chi connectivity index (χ2v) is 5.27. The average Bonchev–Trinajstić information content (AvgIpc) is 2.43. The number of anilines is 1. The van der Waals surface area contributed by atoms with E-state index in [-0.39, 0.29) is 17.3 Å². The molecule has 0 heterocycles. The Labute approximate surface area is 133 Å². The Bertz CT molecular complexity index is 682. The van der Waals surface area contributed by atoms with E-state index in [0.29, 0.717) is 10.2 Å². The van der Waals surface area contributed by atoms with Crippen LogP contribution in [0.25, 0.3) is 0 Å². The first-order chi connectivity index (χ1) is 9.97. The van der Waals surface area contributed by atoms with E-state index in [1.165, 1.54) is 36.4 Å². The highest BCUT2D eigenvalue weighted by atomic mass is 79.9. The van der Waals surface area contributed by atoms with Crippen LogP contribution in [0.5, 0.6) is 5.75 Å². The number of carbonyl (C=O) groups excluding carboxylic acids is 1. The van der Waals surface area contributed by atoms with Crippen LogP contribution in [0, 0.1) is 11.6 Å². The van der Waals surface area contributed by atoms with Gasteiger partial charge in [0.2, 0.25) is 0 Å². The first-order valence-corrected chi connectivity index (χ1v) is 6.96. The van der Waals surface area contributed by atoms with Crippen LogP contribution < -0.4 is 10.1 Å². The molecule has 0 spiro atoms. The highest BCUT2D eigenvalue weighted by molar-refractivity contribution is 9.10. The second kappa shape index (κ2) is 6.87. The second-order valence-electron chi connectivity index (χ2n) is 4.01. The fraction of sp³-hybridized carbons (Fsp3) is 0.0714. The van der Waals surface area contributed by atoms with E-state index in [1.54, 1.807) is 0 Å². The molecule has 1 amide bonds. The minimum absolute atomic E-state index is 0.0331. The number of ether oxygens (including phenoxy) is 1. The van der Waals surface area contributed by atoms with Crippen LogP contribution in [0.2, 0.25) is 5.02 Å². The normalized spacial score (nSPS) is 10.3. The van der Waals surface area contributed by atoms with Crippen molar-refractivity contribution in [3.63, 3.8) is 0 Å². The summed E-state index contributed by atoms with van der Waals surface area (Å²) in [5.41, 5.74) is -0.0331. The van der Waals surface area contributed by atoms with E-state index in [0.717, 1.165) is 0 Å². The van der Waals surface area contributed by atoms with Gasteiger partial charge in [-0.05, 0) is 46.3 Å². The van der Waals surface area contributed by atoms with Crippen molar-refractivity contribution in [2.24, 2.45) is 0 Å². The summed E-state index contributed by atoms with van der Waals surface area (Å²) in [7, 11) is 0. The quantitative estimate of drug-likeness (QED) is 0.859. The van der Waals surface area contributed by atoms with E-state index in [1.807, 2.05) is 0 Å². The van der Waals surface area contributed by atoms with Crippen LogP contribution in [0.3, 0.4) is 0 Å². The van der Waals surface area contributed by atoms with Gasteiger partial charge in [0.25, 0.3) is 5.91 Å². The summed E-state index contributed by atoms with van der Waals surface area (Å²) in [6.07, 6.45) is 0. The number of nitrogens with one attached hydrogen (secondary N) is 1. The third-order valence-corrected chi connectivity index (χ3v) is 3.39. The van der Waals surface area contributed by atoms with Crippen molar-refractivity contribution in [2.75, 3.05) is 11.9 Å². The molecule has 1 N–H and O–H groups in total. The summed E-state index contributed by atoms with van der Waals surface area (Å²) < 4.78 is 32.1. The SMILES string of the molecule is O=C(COc1ccc(F)cc1Br)Nc1cccc(Cl)c1F. The van der Waals surface area contributed by atoms with Gasteiger partial charge in [-0.3, -0.25) is 4.79 Å². The fourth-order valence-electron chi connectivity index (χ4n) is 1.52. The molecular formula is C14H9BrClF2NO2. The molecule has 7 heteroatoms. The Balaban J connectivity index is 1.97. The summed E-state index contributed by atoms with van der Waals surface area (Å²) >= 11 is 8.72. The van der Waals surface area contributed by atoms with Crippen LogP contribution in [0.1, 0.15) is 0 Å². The van der Waals surface area contributed by atoms with Crippen LogP contribution >= 0.6 is 27.5 Å².